The number of rotatable bonds is 5. The largest absolute Gasteiger partial charge is 0.366 e. The Labute approximate surface area is 126 Å². The Morgan fingerprint density at radius 1 is 1.05 bits per heavy atom. The van der Waals surface area contributed by atoms with Gasteiger partial charge in [0, 0.05) is 25.7 Å². The molecule has 1 aromatic carbocycles. The average molecular weight is 282 g/mol. The van der Waals surface area contributed by atoms with Crippen molar-refractivity contribution in [1.29, 1.82) is 0 Å². The molecule has 3 rings (SSSR count). The van der Waals surface area contributed by atoms with E-state index >= 15 is 0 Å². The third-order valence-electron chi connectivity index (χ3n) is 3.99. The zero-order chi connectivity index (χ0) is 14.5. The molecular formula is C17H22N4. The molecule has 21 heavy (non-hydrogen) atoms. The first-order chi connectivity index (χ1) is 10.3. The van der Waals surface area contributed by atoms with Crippen molar-refractivity contribution in [2.45, 2.75) is 32.7 Å². The summed E-state index contributed by atoms with van der Waals surface area (Å²) in [6.07, 6.45) is 5.25. The third-order valence-corrected chi connectivity index (χ3v) is 3.99. The molecule has 4 nitrogen and oxygen atoms in total. The lowest BCUT2D eigenvalue weighted by Gasteiger charge is -2.16. The van der Waals surface area contributed by atoms with E-state index in [1.165, 1.54) is 24.0 Å². The van der Waals surface area contributed by atoms with Crippen LogP contribution in [0.25, 0.3) is 0 Å². The van der Waals surface area contributed by atoms with E-state index in [-0.39, 0.29) is 0 Å². The second kappa shape index (κ2) is 6.57. The maximum absolute atomic E-state index is 4.37. The molecule has 2 aromatic rings. The molecule has 0 radical (unpaired) electrons. The van der Waals surface area contributed by atoms with E-state index in [0.717, 1.165) is 37.7 Å². The lowest BCUT2D eigenvalue weighted by atomic mass is 10.1. The molecule has 1 N–H and O–H groups in total. The Bertz CT molecular complexity index is 574. The van der Waals surface area contributed by atoms with Crippen LogP contribution in [-0.4, -0.2) is 23.1 Å². The van der Waals surface area contributed by atoms with Crippen molar-refractivity contribution in [2.24, 2.45) is 0 Å². The van der Waals surface area contributed by atoms with E-state index in [2.05, 4.69) is 51.4 Å². The molecule has 110 valence electrons. The molecule has 0 spiro atoms. The maximum Gasteiger partial charge on any atom is 0.134 e. The van der Waals surface area contributed by atoms with E-state index in [4.69, 9.17) is 0 Å². The molecule has 0 bridgehead atoms. The average Bonchev–Trinajstić information content (AvgIpc) is 3.08. The smallest absolute Gasteiger partial charge is 0.134 e. The second-order valence-corrected chi connectivity index (χ2v) is 5.48. The number of hydrogen-bond acceptors (Lipinski definition) is 4. The summed E-state index contributed by atoms with van der Waals surface area (Å²) in [5, 5.41) is 3.38. The summed E-state index contributed by atoms with van der Waals surface area (Å²) in [7, 11) is 0. The highest BCUT2D eigenvalue weighted by atomic mass is 15.2. The van der Waals surface area contributed by atoms with Gasteiger partial charge in [0.05, 0.1) is 0 Å². The van der Waals surface area contributed by atoms with Crippen LogP contribution >= 0.6 is 0 Å². The fourth-order valence-electron chi connectivity index (χ4n) is 2.65. The first-order valence-corrected chi connectivity index (χ1v) is 7.74. The predicted molar refractivity (Wildman–Crippen MR) is 86.6 cm³/mol. The van der Waals surface area contributed by atoms with Gasteiger partial charge in [-0.15, -0.1) is 0 Å². The van der Waals surface area contributed by atoms with Crippen LogP contribution in [-0.2, 0) is 13.0 Å². The van der Waals surface area contributed by atoms with E-state index in [9.17, 15) is 0 Å². The van der Waals surface area contributed by atoms with Crippen LogP contribution in [0.5, 0.6) is 0 Å². The molecular weight excluding hydrogens is 260 g/mol. The normalized spacial score (nSPS) is 14.4. The summed E-state index contributed by atoms with van der Waals surface area (Å²) in [5.41, 5.74) is 2.64. The third kappa shape index (κ3) is 3.51. The van der Waals surface area contributed by atoms with Gasteiger partial charge in [0.1, 0.15) is 18.0 Å². The summed E-state index contributed by atoms with van der Waals surface area (Å²) < 4.78 is 0. The molecule has 1 aliphatic heterocycles. The van der Waals surface area contributed by atoms with Crippen LogP contribution in [0, 0.1) is 0 Å². The molecule has 1 saturated heterocycles. The number of nitrogens with one attached hydrogen (secondary N) is 1. The SMILES string of the molecule is CCc1ccc(CNc2cc(N3CCCC3)ncn2)cc1. The fourth-order valence-corrected chi connectivity index (χ4v) is 2.65. The molecule has 1 aromatic heterocycles. The Balaban J connectivity index is 1.62. The quantitative estimate of drug-likeness (QED) is 0.914. The van der Waals surface area contributed by atoms with Gasteiger partial charge in [-0.2, -0.15) is 0 Å². The van der Waals surface area contributed by atoms with E-state index in [1.807, 2.05) is 6.07 Å². The summed E-state index contributed by atoms with van der Waals surface area (Å²) in [5.74, 6) is 1.93. The first kappa shape index (κ1) is 13.9. The summed E-state index contributed by atoms with van der Waals surface area (Å²) in [6, 6.07) is 10.8. The Hall–Kier alpha value is -2.10. The minimum Gasteiger partial charge on any atom is -0.366 e. The monoisotopic (exact) mass is 282 g/mol. The highest BCUT2D eigenvalue weighted by Crippen LogP contribution is 2.19. The van der Waals surface area contributed by atoms with Crippen molar-refractivity contribution in [3.05, 3.63) is 47.8 Å². The standard InChI is InChI=1S/C17H22N4/c1-2-14-5-7-15(8-6-14)12-18-16-11-17(20-13-19-16)21-9-3-4-10-21/h5-8,11,13H,2-4,9-10,12H2,1H3,(H,18,19,20). The molecule has 4 heteroatoms. The van der Waals surface area contributed by atoms with E-state index in [1.54, 1.807) is 6.33 Å². The number of hydrogen-bond donors (Lipinski definition) is 1. The van der Waals surface area contributed by atoms with Crippen LogP contribution < -0.4 is 10.2 Å². The predicted octanol–water partition coefficient (Wildman–Crippen LogP) is 3.25. The van der Waals surface area contributed by atoms with E-state index in [0.29, 0.717) is 0 Å². The van der Waals surface area contributed by atoms with Gasteiger partial charge in [0.15, 0.2) is 0 Å². The highest BCUT2D eigenvalue weighted by Gasteiger charge is 2.13. The lowest BCUT2D eigenvalue weighted by Crippen LogP contribution is -2.19. The molecule has 1 aliphatic rings. The topological polar surface area (TPSA) is 41.0 Å². The van der Waals surface area contributed by atoms with Crippen molar-refractivity contribution >= 4 is 11.6 Å². The van der Waals surface area contributed by atoms with Gasteiger partial charge < -0.3 is 10.2 Å². The number of aryl methyl sites for hydroxylation is 1. The van der Waals surface area contributed by atoms with Gasteiger partial charge in [-0.25, -0.2) is 9.97 Å². The first-order valence-electron chi connectivity index (χ1n) is 7.74. The maximum atomic E-state index is 4.37. The van der Waals surface area contributed by atoms with Crippen LogP contribution in [0.1, 0.15) is 30.9 Å². The van der Waals surface area contributed by atoms with Crippen molar-refractivity contribution < 1.29 is 0 Å². The van der Waals surface area contributed by atoms with Gasteiger partial charge in [-0.05, 0) is 30.4 Å². The fraction of sp³-hybridized carbons (Fsp3) is 0.412. The summed E-state index contributed by atoms with van der Waals surface area (Å²) in [6.45, 7) is 5.18. The second-order valence-electron chi connectivity index (χ2n) is 5.48. The number of aromatic nitrogens is 2. The lowest BCUT2D eigenvalue weighted by molar-refractivity contribution is 0.925. The van der Waals surface area contributed by atoms with Crippen LogP contribution in [0.2, 0.25) is 0 Å². The van der Waals surface area contributed by atoms with Crippen LogP contribution in [0.4, 0.5) is 11.6 Å². The minimum atomic E-state index is 0.792. The Morgan fingerprint density at radius 3 is 2.48 bits per heavy atom. The molecule has 0 atom stereocenters. The zero-order valence-corrected chi connectivity index (χ0v) is 12.5. The van der Waals surface area contributed by atoms with Crippen molar-refractivity contribution in [1.82, 2.24) is 9.97 Å². The minimum absolute atomic E-state index is 0.792. The Kier molecular flexibility index (Phi) is 4.34. The highest BCUT2D eigenvalue weighted by molar-refractivity contribution is 5.49. The molecule has 0 amide bonds. The molecule has 0 aliphatic carbocycles. The van der Waals surface area contributed by atoms with Gasteiger partial charge >= 0.3 is 0 Å². The van der Waals surface area contributed by atoms with Crippen LogP contribution in [0.3, 0.4) is 0 Å². The van der Waals surface area contributed by atoms with Gasteiger partial charge in [-0.1, -0.05) is 31.2 Å². The van der Waals surface area contributed by atoms with E-state index < -0.39 is 0 Å². The van der Waals surface area contributed by atoms with Crippen molar-refractivity contribution in [2.75, 3.05) is 23.3 Å². The van der Waals surface area contributed by atoms with Crippen molar-refractivity contribution in [3.8, 4) is 0 Å². The molecule has 0 saturated carbocycles. The summed E-state index contributed by atoms with van der Waals surface area (Å²) in [4.78, 5) is 11.0. The zero-order valence-electron chi connectivity index (χ0n) is 12.5. The van der Waals surface area contributed by atoms with Crippen LogP contribution in [0.15, 0.2) is 36.7 Å². The number of anilines is 2. The van der Waals surface area contributed by atoms with Crippen molar-refractivity contribution in [3.63, 3.8) is 0 Å². The van der Waals surface area contributed by atoms with Gasteiger partial charge in [-0.3, -0.25) is 0 Å². The molecule has 2 heterocycles. The number of nitrogens with zero attached hydrogens (tertiary/aromatic N) is 3. The molecule has 0 unspecified atom stereocenters. The number of benzene rings is 1. The molecule has 1 fully saturated rings. The van der Waals surface area contributed by atoms with Gasteiger partial charge in [0.2, 0.25) is 0 Å². The van der Waals surface area contributed by atoms with Gasteiger partial charge in [0.25, 0.3) is 0 Å². The summed E-state index contributed by atoms with van der Waals surface area (Å²) >= 11 is 0. The Morgan fingerprint density at radius 2 is 1.76 bits per heavy atom.